The van der Waals surface area contributed by atoms with Gasteiger partial charge in [-0.3, -0.25) is 4.79 Å². The fourth-order valence-electron chi connectivity index (χ4n) is 3.41. The summed E-state index contributed by atoms with van der Waals surface area (Å²) >= 11 is 15.5. The van der Waals surface area contributed by atoms with Crippen molar-refractivity contribution in [2.75, 3.05) is 5.32 Å². The van der Waals surface area contributed by atoms with Crippen LogP contribution in [0.5, 0.6) is 11.5 Å². The second kappa shape index (κ2) is 13.3. The molecule has 0 atom stereocenters. The minimum atomic E-state index is -0.549. The van der Waals surface area contributed by atoms with E-state index in [9.17, 15) is 14.4 Å². The number of rotatable bonds is 9. The lowest BCUT2D eigenvalue weighted by molar-refractivity contribution is -0.112. The second-order valence-corrected chi connectivity index (χ2v) is 9.98. The lowest BCUT2D eigenvalue weighted by atomic mass is 10.1. The zero-order chi connectivity index (χ0) is 27.8. The topological polar surface area (TPSA) is 71.3 Å². The van der Waals surface area contributed by atoms with Gasteiger partial charge >= 0.3 is 0 Å². The number of nitriles is 1. The van der Waals surface area contributed by atoms with Crippen molar-refractivity contribution < 1.29 is 18.7 Å². The molecule has 0 aromatic heterocycles. The van der Waals surface area contributed by atoms with Gasteiger partial charge in [0.1, 0.15) is 42.2 Å². The van der Waals surface area contributed by atoms with Gasteiger partial charge in [0, 0.05) is 21.3 Å². The molecule has 5 nitrogen and oxygen atoms in total. The Labute approximate surface area is 243 Å². The normalized spacial score (nSPS) is 11.0. The van der Waals surface area contributed by atoms with Crippen molar-refractivity contribution in [1.82, 2.24) is 0 Å². The zero-order valence-electron chi connectivity index (χ0n) is 20.3. The van der Waals surface area contributed by atoms with Gasteiger partial charge in [0.05, 0.1) is 4.47 Å². The van der Waals surface area contributed by atoms with Crippen LogP contribution >= 0.6 is 39.1 Å². The predicted octanol–water partition coefficient (Wildman–Crippen LogP) is 8.60. The van der Waals surface area contributed by atoms with Gasteiger partial charge in [-0.25, -0.2) is 4.39 Å². The number of benzene rings is 4. The zero-order valence-corrected chi connectivity index (χ0v) is 23.4. The van der Waals surface area contributed by atoms with E-state index in [2.05, 4.69) is 21.2 Å². The van der Waals surface area contributed by atoms with E-state index in [1.54, 1.807) is 72.8 Å². The Morgan fingerprint density at radius 3 is 2.36 bits per heavy atom. The third kappa shape index (κ3) is 8.08. The highest BCUT2D eigenvalue weighted by atomic mass is 79.9. The Hall–Kier alpha value is -3.83. The lowest BCUT2D eigenvalue weighted by Gasteiger charge is -2.10. The summed E-state index contributed by atoms with van der Waals surface area (Å²) in [5, 5.41) is 13.3. The van der Waals surface area contributed by atoms with Crippen LogP contribution in [0.25, 0.3) is 6.08 Å². The van der Waals surface area contributed by atoms with Crippen LogP contribution in [-0.4, -0.2) is 5.91 Å². The van der Waals surface area contributed by atoms with E-state index in [-0.39, 0.29) is 24.6 Å². The molecule has 0 aliphatic rings. The molecular formula is C30H20BrCl2FN2O3. The van der Waals surface area contributed by atoms with Gasteiger partial charge in [-0.15, -0.1) is 0 Å². The van der Waals surface area contributed by atoms with Crippen LogP contribution in [-0.2, 0) is 18.0 Å². The SMILES string of the molecule is N#C/C(=C\c1ccc(OCc2ccc(F)cc2)c(Br)c1)C(=O)Nc1ccc(OCc2ccc(Cl)cc2Cl)cc1. The average molecular weight is 626 g/mol. The van der Waals surface area contributed by atoms with Gasteiger partial charge in [0.25, 0.3) is 5.91 Å². The van der Waals surface area contributed by atoms with Crippen LogP contribution in [0, 0.1) is 17.1 Å². The molecule has 0 fully saturated rings. The summed E-state index contributed by atoms with van der Waals surface area (Å²) in [6, 6.07) is 25.1. The third-order valence-electron chi connectivity index (χ3n) is 5.46. The largest absolute Gasteiger partial charge is 0.489 e. The number of ether oxygens (including phenoxy) is 2. The Kier molecular flexibility index (Phi) is 9.61. The van der Waals surface area contributed by atoms with Crippen molar-refractivity contribution >= 4 is 56.8 Å². The average Bonchev–Trinajstić information content (AvgIpc) is 2.92. The van der Waals surface area contributed by atoms with Crippen LogP contribution in [0.3, 0.4) is 0 Å². The summed E-state index contributed by atoms with van der Waals surface area (Å²) in [5.41, 5.74) is 2.68. The Morgan fingerprint density at radius 1 is 0.949 bits per heavy atom. The molecule has 0 spiro atoms. The first kappa shape index (κ1) is 28.2. The molecule has 0 aliphatic carbocycles. The van der Waals surface area contributed by atoms with Crippen molar-refractivity contribution in [3.05, 3.63) is 128 Å². The number of halogens is 4. The Balaban J connectivity index is 1.35. The summed E-state index contributed by atoms with van der Waals surface area (Å²) in [6.45, 7) is 0.521. The number of nitrogens with one attached hydrogen (secondary N) is 1. The summed E-state index contributed by atoms with van der Waals surface area (Å²) in [5.74, 6) is 0.295. The monoisotopic (exact) mass is 624 g/mol. The first-order chi connectivity index (χ1) is 18.8. The van der Waals surface area contributed by atoms with Crippen molar-refractivity contribution in [3.8, 4) is 17.6 Å². The molecule has 4 aromatic rings. The molecule has 1 amide bonds. The molecule has 0 bridgehead atoms. The van der Waals surface area contributed by atoms with E-state index in [1.807, 2.05) is 6.07 Å². The number of carbonyl (C=O) groups excluding carboxylic acids is 1. The molecule has 1 N–H and O–H groups in total. The highest BCUT2D eigenvalue weighted by Crippen LogP contribution is 2.28. The number of nitrogens with zero attached hydrogens (tertiary/aromatic N) is 1. The first-order valence-electron chi connectivity index (χ1n) is 11.6. The van der Waals surface area contributed by atoms with Crippen LogP contribution < -0.4 is 14.8 Å². The van der Waals surface area contributed by atoms with Gasteiger partial charge < -0.3 is 14.8 Å². The first-order valence-corrected chi connectivity index (χ1v) is 13.1. The quantitative estimate of drug-likeness (QED) is 0.149. The number of hydrogen-bond donors (Lipinski definition) is 1. The highest BCUT2D eigenvalue weighted by molar-refractivity contribution is 9.10. The summed E-state index contributed by atoms with van der Waals surface area (Å²) in [6.07, 6.45) is 1.48. The smallest absolute Gasteiger partial charge is 0.266 e. The molecule has 39 heavy (non-hydrogen) atoms. The van der Waals surface area contributed by atoms with Crippen molar-refractivity contribution in [1.29, 1.82) is 5.26 Å². The van der Waals surface area contributed by atoms with E-state index >= 15 is 0 Å². The van der Waals surface area contributed by atoms with E-state index < -0.39 is 5.91 Å². The standard InChI is InChI=1S/C30H20BrCl2FN2O3/c31-27-14-20(3-12-29(27)39-17-19-1-6-24(34)7-2-19)13-22(16-35)30(37)36-25-8-10-26(11-9-25)38-18-21-4-5-23(32)15-28(21)33/h1-15H,17-18H2,(H,36,37)/b22-13+. The number of carbonyl (C=O) groups is 1. The molecule has 9 heteroatoms. The van der Waals surface area contributed by atoms with Crippen LogP contribution in [0.15, 0.2) is 95.0 Å². The van der Waals surface area contributed by atoms with Gasteiger partial charge in [0.2, 0.25) is 0 Å². The van der Waals surface area contributed by atoms with Crippen molar-refractivity contribution in [2.24, 2.45) is 0 Å². The van der Waals surface area contributed by atoms with Crippen molar-refractivity contribution in [2.45, 2.75) is 13.2 Å². The molecular weight excluding hydrogens is 606 g/mol. The molecule has 4 rings (SSSR count). The lowest BCUT2D eigenvalue weighted by Crippen LogP contribution is -2.13. The summed E-state index contributed by atoms with van der Waals surface area (Å²) < 4.78 is 25.3. The highest BCUT2D eigenvalue weighted by Gasteiger charge is 2.11. The Morgan fingerprint density at radius 2 is 1.69 bits per heavy atom. The maximum Gasteiger partial charge on any atom is 0.266 e. The minimum absolute atomic E-state index is 0.0698. The fraction of sp³-hybridized carbons (Fsp3) is 0.0667. The maximum atomic E-state index is 13.1. The molecule has 4 aromatic carbocycles. The van der Waals surface area contributed by atoms with Gasteiger partial charge in [-0.1, -0.05) is 47.5 Å². The fourth-order valence-corrected chi connectivity index (χ4v) is 4.39. The molecule has 0 radical (unpaired) electrons. The summed E-state index contributed by atoms with van der Waals surface area (Å²) in [7, 11) is 0. The van der Waals surface area contributed by atoms with Crippen LogP contribution in [0.1, 0.15) is 16.7 Å². The number of hydrogen-bond acceptors (Lipinski definition) is 4. The molecule has 196 valence electrons. The summed E-state index contributed by atoms with van der Waals surface area (Å²) in [4.78, 5) is 12.7. The van der Waals surface area contributed by atoms with Gasteiger partial charge in [0.15, 0.2) is 0 Å². The Bertz CT molecular complexity index is 1550. The molecule has 0 heterocycles. The van der Waals surface area contributed by atoms with Crippen LogP contribution in [0.4, 0.5) is 10.1 Å². The van der Waals surface area contributed by atoms with E-state index in [0.29, 0.717) is 37.3 Å². The molecule has 0 saturated carbocycles. The predicted molar refractivity (Wildman–Crippen MR) is 154 cm³/mol. The second-order valence-electron chi connectivity index (χ2n) is 8.28. The van der Waals surface area contributed by atoms with E-state index in [0.717, 1.165) is 11.1 Å². The van der Waals surface area contributed by atoms with E-state index in [1.165, 1.54) is 18.2 Å². The molecule has 0 unspecified atom stereocenters. The molecule has 0 saturated heterocycles. The maximum absolute atomic E-state index is 13.1. The third-order valence-corrected chi connectivity index (χ3v) is 6.67. The number of amides is 1. The van der Waals surface area contributed by atoms with Crippen LogP contribution in [0.2, 0.25) is 10.0 Å². The molecule has 0 aliphatic heterocycles. The number of anilines is 1. The van der Waals surface area contributed by atoms with E-state index in [4.69, 9.17) is 32.7 Å². The minimum Gasteiger partial charge on any atom is -0.489 e. The van der Waals surface area contributed by atoms with Crippen molar-refractivity contribution in [3.63, 3.8) is 0 Å². The van der Waals surface area contributed by atoms with Gasteiger partial charge in [-0.2, -0.15) is 5.26 Å². The van der Waals surface area contributed by atoms with Gasteiger partial charge in [-0.05, 0) is 93.8 Å².